The van der Waals surface area contributed by atoms with E-state index in [1.807, 2.05) is 30.5 Å². The third-order valence-electron chi connectivity index (χ3n) is 5.25. The molecule has 10 nitrogen and oxygen atoms in total. The standard InChI is InChI=1S/C22H31N5O5S2/c1-12(22(31)32)25-21(30)18(11-33)27-20(29)17(26-19(28)15(23)7-8-34-2)9-13-10-24-16-6-4-3-5-14(13)16/h3-6,10,12,15,17-18,24,33H,7-9,11,23H2,1-2H3,(H,25,30)(H,26,28)(H,27,29)(H,31,32). The van der Waals surface area contributed by atoms with Gasteiger partial charge in [0.15, 0.2) is 0 Å². The molecular formula is C22H31N5O5S2. The molecule has 0 spiro atoms. The lowest BCUT2D eigenvalue weighted by atomic mass is 10.0. The summed E-state index contributed by atoms with van der Waals surface area (Å²) >= 11 is 5.67. The molecule has 0 aliphatic rings. The second-order valence-electron chi connectivity index (χ2n) is 7.83. The van der Waals surface area contributed by atoms with Crippen molar-refractivity contribution in [1.29, 1.82) is 0 Å². The molecule has 0 saturated heterocycles. The molecule has 2 aromatic rings. The summed E-state index contributed by atoms with van der Waals surface area (Å²) in [5.41, 5.74) is 7.67. The van der Waals surface area contributed by atoms with E-state index < -0.39 is 47.9 Å². The van der Waals surface area contributed by atoms with E-state index in [1.54, 1.807) is 18.0 Å². The van der Waals surface area contributed by atoms with Gasteiger partial charge in [-0.2, -0.15) is 24.4 Å². The number of carboxylic acids is 1. The van der Waals surface area contributed by atoms with Gasteiger partial charge >= 0.3 is 5.97 Å². The second-order valence-corrected chi connectivity index (χ2v) is 9.18. The first-order valence-corrected chi connectivity index (χ1v) is 12.7. The molecule has 0 bridgehead atoms. The molecule has 34 heavy (non-hydrogen) atoms. The summed E-state index contributed by atoms with van der Waals surface area (Å²) < 4.78 is 0. The molecule has 3 amide bonds. The highest BCUT2D eigenvalue weighted by Gasteiger charge is 2.29. The van der Waals surface area contributed by atoms with Crippen LogP contribution in [0.25, 0.3) is 10.9 Å². The largest absolute Gasteiger partial charge is 0.480 e. The Morgan fingerprint density at radius 2 is 1.74 bits per heavy atom. The van der Waals surface area contributed by atoms with E-state index in [9.17, 15) is 19.2 Å². The van der Waals surface area contributed by atoms with E-state index >= 15 is 0 Å². The number of amides is 3. The Hall–Kier alpha value is -2.70. The number of hydrogen-bond acceptors (Lipinski definition) is 7. The maximum Gasteiger partial charge on any atom is 0.325 e. The number of benzene rings is 1. The predicted octanol–water partition coefficient (Wildman–Crippen LogP) is 0.280. The minimum Gasteiger partial charge on any atom is -0.480 e. The summed E-state index contributed by atoms with van der Waals surface area (Å²) in [6.45, 7) is 1.31. The number of carboxylic acid groups (broad SMARTS) is 1. The highest BCUT2D eigenvalue weighted by molar-refractivity contribution is 7.98. The fourth-order valence-corrected chi connectivity index (χ4v) is 3.97. The molecule has 0 aliphatic carbocycles. The number of aromatic nitrogens is 1. The van der Waals surface area contributed by atoms with Gasteiger partial charge in [-0.15, -0.1) is 0 Å². The van der Waals surface area contributed by atoms with Crippen LogP contribution in [-0.2, 0) is 25.6 Å². The van der Waals surface area contributed by atoms with E-state index in [-0.39, 0.29) is 12.2 Å². The van der Waals surface area contributed by atoms with E-state index in [0.717, 1.165) is 16.5 Å². The van der Waals surface area contributed by atoms with Crippen molar-refractivity contribution in [1.82, 2.24) is 20.9 Å². The molecule has 0 radical (unpaired) electrons. The number of hydrogen-bond donors (Lipinski definition) is 7. The molecule has 0 saturated carbocycles. The molecular weight excluding hydrogens is 478 g/mol. The smallest absolute Gasteiger partial charge is 0.325 e. The van der Waals surface area contributed by atoms with Crippen molar-refractivity contribution >= 4 is 59.0 Å². The van der Waals surface area contributed by atoms with Gasteiger partial charge in [-0.05, 0) is 37.0 Å². The molecule has 186 valence electrons. The van der Waals surface area contributed by atoms with Crippen LogP contribution < -0.4 is 21.7 Å². The fraction of sp³-hybridized carbons (Fsp3) is 0.455. The van der Waals surface area contributed by atoms with E-state index in [4.69, 9.17) is 10.8 Å². The van der Waals surface area contributed by atoms with Crippen LogP contribution in [0.1, 0.15) is 18.9 Å². The van der Waals surface area contributed by atoms with Gasteiger partial charge in [-0.25, -0.2) is 0 Å². The molecule has 0 aliphatic heterocycles. The van der Waals surface area contributed by atoms with Crippen molar-refractivity contribution in [2.45, 2.75) is 43.9 Å². The van der Waals surface area contributed by atoms with Crippen molar-refractivity contribution in [2.75, 3.05) is 17.8 Å². The van der Waals surface area contributed by atoms with E-state index in [0.29, 0.717) is 12.2 Å². The highest BCUT2D eigenvalue weighted by atomic mass is 32.2. The van der Waals surface area contributed by atoms with Gasteiger partial charge in [0.2, 0.25) is 17.7 Å². The lowest BCUT2D eigenvalue weighted by molar-refractivity contribution is -0.141. The monoisotopic (exact) mass is 509 g/mol. The van der Waals surface area contributed by atoms with Crippen molar-refractivity contribution in [3.05, 3.63) is 36.0 Å². The van der Waals surface area contributed by atoms with Crippen molar-refractivity contribution in [3.63, 3.8) is 0 Å². The lowest BCUT2D eigenvalue weighted by Crippen LogP contribution is -2.58. The van der Waals surface area contributed by atoms with E-state index in [2.05, 4.69) is 33.6 Å². The van der Waals surface area contributed by atoms with Gasteiger partial charge in [0.1, 0.15) is 18.1 Å². The molecule has 1 heterocycles. The number of para-hydroxylation sites is 1. The average Bonchev–Trinajstić information content (AvgIpc) is 3.22. The zero-order chi connectivity index (χ0) is 25.3. The lowest BCUT2D eigenvalue weighted by Gasteiger charge is -2.24. The number of nitrogens with two attached hydrogens (primary N) is 1. The van der Waals surface area contributed by atoms with Crippen LogP contribution in [0.4, 0.5) is 0 Å². The van der Waals surface area contributed by atoms with Crippen LogP contribution in [0.15, 0.2) is 30.5 Å². The number of thioether (sulfide) groups is 1. The summed E-state index contributed by atoms with van der Waals surface area (Å²) in [5.74, 6) is -2.34. The summed E-state index contributed by atoms with van der Waals surface area (Å²) in [6.07, 6.45) is 4.28. The summed E-state index contributed by atoms with van der Waals surface area (Å²) in [6, 6.07) is 3.53. The minimum atomic E-state index is -1.21. The van der Waals surface area contributed by atoms with Crippen LogP contribution in [0, 0.1) is 0 Å². The zero-order valence-electron chi connectivity index (χ0n) is 19.0. The van der Waals surface area contributed by atoms with Gasteiger partial charge in [0.05, 0.1) is 6.04 Å². The molecule has 1 aromatic carbocycles. The van der Waals surface area contributed by atoms with Crippen LogP contribution in [0.2, 0.25) is 0 Å². The first kappa shape index (κ1) is 27.5. The molecule has 7 N–H and O–H groups in total. The van der Waals surface area contributed by atoms with Gasteiger partial charge in [-0.1, -0.05) is 18.2 Å². The second kappa shape index (κ2) is 13.3. The molecule has 12 heteroatoms. The first-order valence-electron chi connectivity index (χ1n) is 10.7. The predicted molar refractivity (Wildman–Crippen MR) is 136 cm³/mol. The Balaban J connectivity index is 2.21. The maximum atomic E-state index is 13.2. The SMILES string of the molecule is CSCCC(N)C(=O)NC(Cc1c[nH]c2ccccc12)C(=O)NC(CS)C(=O)NC(C)C(=O)O. The van der Waals surface area contributed by atoms with Crippen molar-refractivity contribution < 1.29 is 24.3 Å². The molecule has 0 fully saturated rings. The van der Waals surface area contributed by atoms with Gasteiger partial charge in [0.25, 0.3) is 0 Å². The minimum absolute atomic E-state index is 0.0646. The Morgan fingerprint density at radius 3 is 2.38 bits per heavy atom. The average molecular weight is 510 g/mol. The van der Waals surface area contributed by atoms with E-state index in [1.165, 1.54) is 6.92 Å². The number of fused-ring (bicyclic) bond motifs is 1. The fourth-order valence-electron chi connectivity index (χ4n) is 3.23. The van der Waals surface area contributed by atoms with Crippen LogP contribution in [0.3, 0.4) is 0 Å². The third-order valence-corrected chi connectivity index (χ3v) is 6.26. The topological polar surface area (TPSA) is 166 Å². The zero-order valence-corrected chi connectivity index (χ0v) is 20.7. The van der Waals surface area contributed by atoms with Gasteiger partial charge in [0, 0.05) is 29.3 Å². The van der Waals surface area contributed by atoms with Crippen LogP contribution in [-0.4, -0.2) is 75.7 Å². The molecule has 1 aromatic heterocycles. The number of aromatic amines is 1. The van der Waals surface area contributed by atoms with Gasteiger partial charge in [-0.3, -0.25) is 19.2 Å². The van der Waals surface area contributed by atoms with Crippen molar-refractivity contribution in [3.8, 4) is 0 Å². The number of carbonyl (C=O) groups is 4. The molecule has 2 rings (SSSR count). The number of thiol groups is 1. The normalized spacial score (nSPS) is 14.6. The number of aliphatic carboxylic acids is 1. The summed E-state index contributed by atoms with van der Waals surface area (Å²) in [7, 11) is 0. The third kappa shape index (κ3) is 7.67. The van der Waals surface area contributed by atoms with Crippen LogP contribution >= 0.6 is 24.4 Å². The highest BCUT2D eigenvalue weighted by Crippen LogP contribution is 2.19. The Labute approximate surface area is 207 Å². The number of carbonyl (C=O) groups excluding carboxylic acids is 3. The Bertz CT molecular complexity index is 1010. The quantitative estimate of drug-likeness (QED) is 0.190. The van der Waals surface area contributed by atoms with Gasteiger partial charge < -0.3 is 31.8 Å². The Morgan fingerprint density at radius 1 is 1.09 bits per heavy atom. The number of rotatable bonds is 13. The summed E-state index contributed by atoms with van der Waals surface area (Å²) in [5, 5.41) is 17.5. The molecule has 4 atom stereocenters. The van der Waals surface area contributed by atoms with Crippen LogP contribution in [0.5, 0.6) is 0 Å². The molecule has 4 unspecified atom stereocenters. The summed E-state index contributed by atoms with van der Waals surface area (Å²) in [4.78, 5) is 52.4. The maximum absolute atomic E-state index is 13.2. The first-order chi connectivity index (χ1) is 16.2. The Kier molecular flexibility index (Phi) is 10.7. The van der Waals surface area contributed by atoms with Crippen molar-refractivity contribution in [2.24, 2.45) is 5.73 Å². The number of nitrogens with one attached hydrogen (secondary N) is 4. The number of H-pyrrole nitrogens is 1.